The zero-order valence-electron chi connectivity index (χ0n) is 14.7. The average Bonchev–Trinajstić information content (AvgIpc) is 2.69. The van der Waals surface area contributed by atoms with Gasteiger partial charge in [0.25, 0.3) is 0 Å². The predicted molar refractivity (Wildman–Crippen MR) is 96.0 cm³/mol. The fourth-order valence-corrected chi connectivity index (χ4v) is 3.82. The fourth-order valence-electron chi connectivity index (χ4n) is 3.82. The van der Waals surface area contributed by atoms with Gasteiger partial charge in [-0.15, -0.1) is 0 Å². The van der Waals surface area contributed by atoms with Gasteiger partial charge in [-0.25, -0.2) is 0 Å². The molecule has 25 heavy (non-hydrogen) atoms. The van der Waals surface area contributed by atoms with Crippen molar-refractivity contribution in [3.8, 4) is 6.07 Å². The molecule has 0 aliphatic carbocycles. The Kier molecular flexibility index (Phi) is 6.06. The van der Waals surface area contributed by atoms with E-state index < -0.39 is 5.41 Å². The van der Waals surface area contributed by atoms with Crippen LogP contribution in [0.5, 0.6) is 0 Å². The number of carbonyl (C=O) groups is 1. The van der Waals surface area contributed by atoms with E-state index in [0.717, 1.165) is 32.5 Å². The average molecular weight is 341 g/mol. The summed E-state index contributed by atoms with van der Waals surface area (Å²) >= 11 is 0. The third-order valence-electron chi connectivity index (χ3n) is 5.57. The molecule has 1 aromatic rings. The molecule has 3 rings (SSSR count). The summed E-state index contributed by atoms with van der Waals surface area (Å²) in [7, 11) is 0. The second kappa shape index (κ2) is 8.46. The Bertz CT molecular complexity index is 597. The maximum absolute atomic E-state index is 12.4. The Morgan fingerprint density at radius 3 is 2.56 bits per heavy atom. The number of benzene rings is 1. The van der Waals surface area contributed by atoms with Crippen molar-refractivity contribution in [1.82, 2.24) is 10.2 Å². The van der Waals surface area contributed by atoms with E-state index in [0.29, 0.717) is 38.5 Å². The zero-order chi connectivity index (χ0) is 17.5. The highest BCUT2D eigenvalue weighted by Crippen LogP contribution is 2.30. The Labute approximate surface area is 150 Å². The van der Waals surface area contributed by atoms with Crippen LogP contribution < -0.4 is 5.32 Å². The highest BCUT2D eigenvalue weighted by Gasteiger charge is 2.40. The maximum atomic E-state index is 12.4. The number of nitrogens with zero attached hydrogens (tertiary/aromatic N) is 2. The van der Waals surface area contributed by atoms with Gasteiger partial charge in [0, 0.05) is 26.3 Å². The molecule has 2 saturated heterocycles. The first-order valence-corrected chi connectivity index (χ1v) is 9.28. The predicted octanol–water partition coefficient (Wildman–Crippen LogP) is 2.30. The molecule has 0 bridgehead atoms. The van der Waals surface area contributed by atoms with Gasteiger partial charge in [0.05, 0.1) is 6.07 Å². The Balaban J connectivity index is 1.40. The fraction of sp³-hybridized carbons (Fsp3) is 0.600. The van der Waals surface area contributed by atoms with Crippen molar-refractivity contribution >= 4 is 5.91 Å². The molecule has 1 N–H and O–H groups in total. The monoisotopic (exact) mass is 341 g/mol. The molecular formula is C20H27N3O2. The van der Waals surface area contributed by atoms with Crippen LogP contribution in [0.2, 0.25) is 0 Å². The zero-order valence-corrected chi connectivity index (χ0v) is 14.7. The molecule has 0 saturated carbocycles. The number of ether oxygens (including phenoxy) is 1. The Morgan fingerprint density at radius 2 is 1.92 bits per heavy atom. The van der Waals surface area contributed by atoms with Crippen molar-refractivity contribution in [2.75, 3.05) is 39.4 Å². The van der Waals surface area contributed by atoms with Crippen molar-refractivity contribution in [2.24, 2.45) is 5.41 Å². The summed E-state index contributed by atoms with van der Waals surface area (Å²) in [4.78, 5) is 14.8. The molecule has 1 aromatic carbocycles. The van der Waals surface area contributed by atoms with E-state index in [1.54, 1.807) is 0 Å². The van der Waals surface area contributed by atoms with Gasteiger partial charge in [0.2, 0.25) is 5.91 Å². The summed E-state index contributed by atoms with van der Waals surface area (Å²) in [6.45, 7) is 4.58. The van der Waals surface area contributed by atoms with E-state index in [1.165, 1.54) is 5.56 Å². The lowest BCUT2D eigenvalue weighted by Crippen LogP contribution is -2.46. The number of hydrogen-bond acceptors (Lipinski definition) is 4. The lowest BCUT2D eigenvalue weighted by molar-refractivity contribution is -0.132. The van der Waals surface area contributed by atoms with E-state index in [9.17, 15) is 10.1 Å². The molecule has 1 amide bonds. The van der Waals surface area contributed by atoms with Crippen LogP contribution in [-0.4, -0.2) is 50.2 Å². The minimum atomic E-state index is -0.890. The molecule has 0 unspecified atom stereocenters. The van der Waals surface area contributed by atoms with Crippen molar-refractivity contribution in [2.45, 2.75) is 31.6 Å². The number of nitrogens with one attached hydrogen (secondary N) is 1. The van der Waals surface area contributed by atoms with Gasteiger partial charge in [-0.2, -0.15) is 5.26 Å². The van der Waals surface area contributed by atoms with Crippen molar-refractivity contribution in [1.29, 1.82) is 5.26 Å². The number of nitriles is 1. The number of rotatable bonds is 5. The van der Waals surface area contributed by atoms with Gasteiger partial charge < -0.3 is 15.0 Å². The molecule has 5 nitrogen and oxygen atoms in total. The van der Waals surface area contributed by atoms with Gasteiger partial charge >= 0.3 is 0 Å². The van der Waals surface area contributed by atoms with Crippen LogP contribution in [0.15, 0.2) is 30.3 Å². The summed E-state index contributed by atoms with van der Waals surface area (Å²) in [5, 5.41) is 12.4. The number of amides is 1. The van der Waals surface area contributed by atoms with E-state index in [2.05, 4.69) is 46.6 Å². The first-order chi connectivity index (χ1) is 12.2. The van der Waals surface area contributed by atoms with Crippen LogP contribution in [0, 0.1) is 16.7 Å². The van der Waals surface area contributed by atoms with Crippen LogP contribution in [0.4, 0.5) is 0 Å². The van der Waals surface area contributed by atoms with Gasteiger partial charge in [-0.05, 0) is 50.3 Å². The SMILES string of the molecule is N#CC1(C(=O)NCCN2CCC(c3ccccc3)CC2)CCOCC1. The summed E-state index contributed by atoms with van der Waals surface area (Å²) in [5.74, 6) is 0.522. The molecule has 134 valence electrons. The third-order valence-corrected chi connectivity index (χ3v) is 5.57. The lowest BCUT2D eigenvalue weighted by atomic mass is 9.81. The molecule has 0 aromatic heterocycles. The summed E-state index contributed by atoms with van der Waals surface area (Å²) in [5.41, 5.74) is 0.546. The quantitative estimate of drug-likeness (QED) is 0.892. The Morgan fingerprint density at radius 1 is 1.24 bits per heavy atom. The normalized spacial score (nSPS) is 21.4. The van der Waals surface area contributed by atoms with E-state index in [-0.39, 0.29) is 5.91 Å². The molecule has 2 fully saturated rings. The second-order valence-electron chi connectivity index (χ2n) is 7.09. The van der Waals surface area contributed by atoms with Crippen molar-refractivity contribution in [3.63, 3.8) is 0 Å². The third kappa shape index (κ3) is 4.39. The van der Waals surface area contributed by atoms with E-state index >= 15 is 0 Å². The van der Waals surface area contributed by atoms with Gasteiger partial charge in [0.15, 0.2) is 0 Å². The highest BCUT2D eigenvalue weighted by molar-refractivity contribution is 5.85. The smallest absolute Gasteiger partial charge is 0.240 e. The van der Waals surface area contributed by atoms with Gasteiger partial charge in [0.1, 0.15) is 5.41 Å². The maximum Gasteiger partial charge on any atom is 0.240 e. The minimum absolute atomic E-state index is 0.127. The van der Waals surface area contributed by atoms with Crippen LogP contribution in [0.1, 0.15) is 37.2 Å². The molecule has 0 atom stereocenters. The van der Waals surface area contributed by atoms with Crippen LogP contribution in [-0.2, 0) is 9.53 Å². The van der Waals surface area contributed by atoms with E-state index in [4.69, 9.17) is 4.74 Å². The Hall–Kier alpha value is -1.90. The van der Waals surface area contributed by atoms with Crippen molar-refractivity contribution < 1.29 is 9.53 Å². The summed E-state index contributed by atoms with van der Waals surface area (Å²) in [6, 6.07) is 12.9. The standard InChI is InChI=1S/C20H27N3O2/c21-16-20(8-14-25-15-9-20)19(24)22-10-13-23-11-6-18(7-12-23)17-4-2-1-3-5-17/h1-5,18H,6-15H2,(H,22,24). The number of carbonyl (C=O) groups excluding carboxylic acids is 1. The molecule has 0 radical (unpaired) electrons. The molecule has 2 aliphatic heterocycles. The van der Waals surface area contributed by atoms with Crippen LogP contribution in [0.3, 0.4) is 0 Å². The highest BCUT2D eigenvalue weighted by atomic mass is 16.5. The second-order valence-corrected chi connectivity index (χ2v) is 7.09. The molecule has 2 heterocycles. The van der Waals surface area contributed by atoms with E-state index in [1.807, 2.05) is 0 Å². The largest absolute Gasteiger partial charge is 0.381 e. The van der Waals surface area contributed by atoms with Gasteiger partial charge in [-0.1, -0.05) is 30.3 Å². The topological polar surface area (TPSA) is 65.4 Å². The van der Waals surface area contributed by atoms with Crippen LogP contribution >= 0.6 is 0 Å². The summed E-state index contributed by atoms with van der Waals surface area (Å²) in [6.07, 6.45) is 3.32. The number of likely N-dealkylation sites (tertiary alicyclic amines) is 1. The lowest BCUT2D eigenvalue weighted by Gasteiger charge is -2.33. The first kappa shape index (κ1) is 17.9. The molecule has 5 heteroatoms. The summed E-state index contributed by atoms with van der Waals surface area (Å²) < 4.78 is 5.28. The first-order valence-electron chi connectivity index (χ1n) is 9.28. The van der Waals surface area contributed by atoms with Gasteiger partial charge in [-0.3, -0.25) is 4.79 Å². The van der Waals surface area contributed by atoms with Crippen molar-refractivity contribution in [3.05, 3.63) is 35.9 Å². The molecule has 0 spiro atoms. The minimum Gasteiger partial charge on any atom is -0.381 e. The number of piperidine rings is 1. The molecule has 2 aliphatic rings. The molecular weight excluding hydrogens is 314 g/mol. The van der Waals surface area contributed by atoms with Crippen LogP contribution in [0.25, 0.3) is 0 Å². The number of hydrogen-bond donors (Lipinski definition) is 1.